The van der Waals surface area contributed by atoms with E-state index in [1.807, 2.05) is 6.92 Å². The molecule has 1 aliphatic heterocycles. The second kappa shape index (κ2) is 13.9. The van der Waals surface area contributed by atoms with E-state index in [0.29, 0.717) is 18.3 Å². The van der Waals surface area contributed by atoms with Crippen LogP contribution in [-0.2, 0) is 9.59 Å². The first-order valence-electron chi connectivity index (χ1n) is 7.83. The van der Waals surface area contributed by atoms with Crippen LogP contribution in [0.1, 0.15) is 18.4 Å². The topological polar surface area (TPSA) is 162 Å². The highest BCUT2D eigenvalue weighted by Crippen LogP contribution is 2.17. The lowest BCUT2D eigenvalue weighted by Crippen LogP contribution is -2.37. The van der Waals surface area contributed by atoms with Crippen molar-refractivity contribution in [3.8, 4) is 0 Å². The summed E-state index contributed by atoms with van der Waals surface area (Å²) in [5.41, 5.74) is 6.64. The molecule has 0 amide bonds. The van der Waals surface area contributed by atoms with E-state index in [9.17, 15) is 0 Å². The molecule has 142 valence electrons. The minimum atomic E-state index is -0.250. The lowest BCUT2D eigenvalue weighted by atomic mass is 9.98. The van der Waals surface area contributed by atoms with Gasteiger partial charge in [0.15, 0.2) is 0 Å². The Morgan fingerprint density at radius 1 is 1.28 bits per heavy atom. The third-order valence-electron chi connectivity index (χ3n) is 3.81. The number of anilines is 2. The first-order chi connectivity index (χ1) is 12.0. The number of likely N-dealkylation sites (tertiary alicyclic amines) is 1. The van der Waals surface area contributed by atoms with Gasteiger partial charge in [0, 0.05) is 25.3 Å². The molecule has 25 heavy (non-hydrogen) atoms. The summed E-state index contributed by atoms with van der Waals surface area (Å²) in [7, 11) is 0. The van der Waals surface area contributed by atoms with E-state index < -0.39 is 0 Å². The summed E-state index contributed by atoms with van der Waals surface area (Å²) in [6.45, 7) is 5.72. The number of nitrogens with two attached hydrogens (primary N) is 1. The van der Waals surface area contributed by atoms with Crippen molar-refractivity contribution in [1.82, 2.24) is 14.9 Å². The molecule has 2 rings (SSSR count). The Bertz CT molecular complexity index is 489. The minimum Gasteiger partial charge on any atom is -0.483 e. The van der Waals surface area contributed by atoms with Gasteiger partial charge in [-0.3, -0.25) is 9.59 Å². The van der Waals surface area contributed by atoms with Crippen LogP contribution in [0.25, 0.3) is 0 Å². The SMILES string of the molecule is Cc1c(N)ncnc1NCCN1CCC(CO)CC1.O=CO.O=CO. The average Bonchev–Trinajstić information content (AvgIpc) is 2.61. The van der Waals surface area contributed by atoms with Gasteiger partial charge in [0.05, 0.1) is 0 Å². The van der Waals surface area contributed by atoms with Crippen molar-refractivity contribution < 1.29 is 24.9 Å². The van der Waals surface area contributed by atoms with Crippen LogP contribution in [0.2, 0.25) is 0 Å². The molecule has 1 saturated heterocycles. The summed E-state index contributed by atoms with van der Waals surface area (Å²) in [5.74, 6) is 1.84. The number of hydrogen-bond donors (Lipinski definition) is 5. The molecule has 10 nitrogen and oxygen atoms in total. The van der Waals surface area contributed by atoms with Gasteiger partial charge in [0.25, 0.3) is 12.9 Å². The third kappa shape index (κ3) is 9.42. The van der Waals surface area contributed by atoms with Gasteiger partial charge < -0.3 is 31.3 Å². The lowest BCUT2D eigenvalue weighted by Gasteiger charge is -2.31. The Hall–Kier alpha value is -2.46. The molecule has 0 aromatic carbocycles. The molecule has 0 radical (unpaired) electrons. The number of aliphatic hydroxyl groups is 1. The van der Waals surface area contributed by atoms with Gasteiger partial charge in [0.2, 0.25) is 0 Å². The van der Waals surface area contributed by atoms with E-state index in [1.165, 1.54) is 6.33 Å². The summed E-state index contributed by atoms with van der Waals surface area (Å²) in [6.07, 6.45) is 3.67. The van der Waals surface area contributed by atoms with Crippen LogP contribution in [0.15, 0.2) is 6.33 Å². The number of aromatic nitrogens is 2. The first kappa shape index (κ1) is 22.5. The van der Waals surface area contributed by atoms with E-state index in [0.717, 1.165) is 50.4 Å². The molecule has 1 aliphatic rings. The Labute approximate surface area is 146 Å². The maximum Gasteiger partial charge on any atom is 0.290 e. The summed E-state index contributed by atoms with van der Waals surface area (Å²) in [5, 5.41) is 26.2. The Kier molecular flexibility index (Phi) is 12.6. The van der Waals surface area contributed by atoms with Gasteiger partial charge in [-0.2, -0.15) is 0 Å². The zero-order valence-corrected chi connectivity index (χ0v) is 14.3. The molecule has 6 N–H and O–H groups in total. The lowest BCUT2D eigenvalue weighted by molar-refractivity contribution is -0.123. The highest BCUT2D eigenvalue weighted by atomic mass is 16.3. The average molecular weight is 357 g/mol. The summed E-state index contributed by atoms with van der Waals surface area (Å²) in [4.78, 5) is 27.3. The Morgan fingerprint density at radius 2 is 1.84 bits per heavy atom. The first-order valence-corrected chi connectivity index (χ1v) is 7.83. The van der Waals surface area contributed by atoms with Gasteiger partial charge in [-0.05, 0) is 38.8 Å². The molecule has 0 saturated carbocycles. The van der Waals surface area contributed by atoms with Crippen LogP contribution < -0.4 is 11.1 Å². The normalized spacial score (nSPS) is 14.3. The number of rotatable bonds is 5. The van der Waals surface area contributed by atoms with Crippen molar-refractivity contribution in [2.24, 2.45) is 5.92 Å². The smallest absolute Gasteiger partial charge is 0.290 e. The fourth-order valence-corrected chi connectivity index (χ4v) is 2.37. The molecule has 1 aromatic heterocycles. The van der Waals surface area contributed by atoms with Gasteiger partial charge in [-0.25, -0.2) is 9.97 Å². The van der Waals surface area contributed by atoms with E-state index in [-0.39, 0.29) is 12.9 Å². The molecular formula is C15H27N5O5. The molecule has 1 fully saturated rings. The minimum absolute atomic E-state index is 0.250. The summed E-state index contributed by atoms with van der Waals surface area (Å²) < 4.78 is 0. The van der Waals surface area contributed by atoms with Gasteiger partial charge in [-0.1, -0.05) is 0 Å². The van der Waals surface area contributed by atoms with Crippen LogP contribution in [-0.4, -0.2) is 75.9 Å². The van der Waals surface area contributed by atoms with Crippen molar-refractivity contribution in [2.75, 3.05) is 43.8 Å². The van der Waals surface area contributed by atoms with Crippen molar-refractivity contribution >= 4 is 24.6 Å². The van der Waals surface area contributed by atoms with E-state index in [1.54, 1.807) is 0 Å². The van der Waals surface area contributed by atoms with Crippen LogP contribution in [0.5, 0.6) is 0 Å². The Balaban J connectivity index is 0.000000844. The van der Waals surface area contributed by atoms with Crippen molar-refractivity contribution in [2.45, 2.75) is 19.8 Å². The van der Waals surface area contributed by atoms with E-state index in [2.05, 4.69) is 20.2 Å². The van der Waals surface area contributed by atoms with Crippen molar-refractivity contribution in [3.63, 3.8) is 0 Å². The molecule has 0 aliphatic carbocycles. The van der Waals surface area contributed by atoms with Gasteiger partial charge in [-0.15, -0.1) is 0 Å². The van der Waals surface area contributed by atoms with Crippen LogP contribution in [0.4, 0.5) is 11.6 Å². The molecule has 1 aromatic rings. The standard InChI is InChI=1S/C13H23N5O.2CH2O2/c1-10-12(14)16-9-17-13(10)15-4-7-18-5-2-11(8-19)3-6-18;2*2-1-3/h9,11,19H,2-8H2,1H3,(H3,14,15,16,17);2*1H,(H,2,3). The van der Waals surface area contributed by atoms with Crippen molar-refractivity contribution in [1.29, 1.82) is 0 Å². The zero-order chi connectivity index (χ0) is 19.1. The second-order valence-corrected chi connectivity index (χ2v) is 5.34. The number of piperidine rings is 1. The molecule has 0 unspecified atom stereocenters. The second-order valence-electron chi connectivity index (χ2n) is 5.34. The van der Waals surface area contributed by atoms with E-state index >= 15 is 0 Å². The van der Waals surface area contributed by atoms with Crippen LogP contribution >= 0.6 is 0 Å². The van der Waals surface area contributed by atoms with Crippen LogP contribution in [0.3, 0.4) is 0 Å². The number of nitrogen functional groups attached to an aromatic ring is 1. The van der Waals surface area contributed by atoms with Crippen molar-refractivity contribution in [3.05, 3.63) is 11.9 Å². The fourth-order valence-electron chi connectivity index (χ4n) is 2.37. The van der Waals surface area contributed by atoms with Crippen LogP contribution in [0, 0.1) is 12.8 Å². The monoisotopic (exact) mass is 357 g/mol. The maximum absolute atomic E-state index is 9.10. The fraction of sp³-hybridized carbons (Fsp3) is 0.600. The Morgan fingerprint density at radius 3 is 2.36 bits per heavy atom. The molecule has 0 spiro atoms. The van der Waals surface area contributed by atoms with Gasteiger partial charge in [0.1, 0.15) is 18.0 Å². The summed E-state index contributed by atoms with van der Waals surface area (Å²) >= 11 is 0. The number of aliphatic hydroxyl groups excluding tert-OH is 1. The number of hydrogen-bond acceptors (Lipinski definition) is 8. The number of nitrogens with one attached hydrogen (secondary N) is 1. The molecule has 0 bridgehead atoms. The highest BCUT2D eigenvalue weighted by molar-refractivity contribution is 5.53. The van der Waals surface area contributed by atoms with Gasteiger partial charge >= 0.3 is 0 Å². The largest absolute Gasteiger partial charge is 0.483 e. The number of carboxylic acid groups (broad SMARTS) is 2. The highest BCUT2D eigenvalue weighted by Gasteiger charge is 2.17. The zero-order valence-electron chi connectivity index (χ0n) is 14.3. The number of nitrogens with zero attached hydrogens (tertiary/aromatic N) is 3. The quantitative estimate of drug-likeness (QED) is 0.449. The van der Waals surface area contributed by atoms with E-state index in [4.69, 9.17) is 30.6 Å². The molecular weight excluding hydrogens is 330 g/mol. The maximum atomic E-state index is 9.10. The number of carbonyl (C=O) groups is 2. The predicted molar refractivity (Wildman–Crippen MR) is 93.3 cm³/mol. The molecule has 0 atom stereocenters. The molecule has 10 heteroatoms. The summed E-state index contributed by atoms with van der Waals surface area (Å²) in [6, 6.07) is 0. The predicted octanol–water partition coefficient (Wildman–Crippen LogP) is -0.115. The third-order valence-corrected chi connectivity index (χ3v) is 3.81. The molecule has 2 heterocycles.